The lowest BCUT2D eigenvalue weighted by Gasteiger charge is -2.13. The number of benzene rings is 1. The minimum absolute atomic E-state index is 0.0656. The number of rotatable bonds is 3. The number of ketones is 1. The largest absolute Gasteiger partial charge is 0.507 e. The summed E-state index contributed by atoms with van der Waals surface area (Å²) in [5.41, 5.74) is 3.31. The molecule has 1 aromatic rings. The summed E-state index contributed by atoms with van der Waals surface area (Å²) in [4.78, 5) is 11.4. The topological polar surface area (TPSA) is 37.3 Å². The Morgan fingerprint density at radius 1 is 1.47 bits per heavy atom. The van der Waals surface area contributed by atoms with E-state index in [-0.39, 0.29) is 11.5 Å². The van der Waals surface area contributed by atoms with Crippen LogP contribution >= 0.6 is 11.6 Å². The summed E-state index contributed by atoms with van der Waals surface area (Å²) < 4.78 is 0. The highest BCUT2D eigenvalue weighted by Gasteiger charge is 2.15. The summed E-state index contributed by atoms with van der Waals surface area (Å²) in [5.74, 6) is 0.473. The summed E-state index contributed by atoms with van der Waals surface area (Å²) >= 11 is 5.70. The first kappa shape index (κ1) is 12.1. The molecule has 0 saturated carbocycles. The first-order valence-corrected chi connectivity index (χ1v) is 5.41. The third kappa shape index (κ3) is 2.32. The van der Waals surface area contributed by atoms with Gasteiger partial charge < -0.3 is 5.11 Å². The summed E-state index contributed by atoms with van der Waals surface area (Å²) in [7, 11) is 0. The second kappa shape index (κ2) is 4.67. The number of phenolic OH excluding ortho intramolecular Hbond substituents is 1. The van der Waals surface area contributed by atoms with Gasteiger partial charge in [-0.1, -0.05) is 0 Å². The molecule has 1 aromatic carbocycles. The Balaban J connectivity index is 3.42. The molecule has 15 heavy (non-hydrogen) atoms. The van der Waals surface area contributed by atoms with E-state index in [1.807, 2.05) is 13.8 Å². The minimum atomic E-state index is -0.110. The maximum atomic E-state index is 11.4. The average molecular weight is 227 g/mol. The van der Waals surface area contributed by atoms with Crippen molar-refractivity contribution in [2.24, 2.45) is 0 Å². The molecular weight excluding hydrogens is 212 g/mol. The van der Waals surface area contributed by atoms with Gasteiger partial charge in [0.15, 0.2) is 5.78 Å². The molecule has 1 N–H and O–H groups in total. The first-order valence-electron chi connectivity index (χ1n) is 4.88. The molecule has 1 rings (SSSR count). The van der Waals surface area contributed by atoms with Crippen molar-refractivity contribution in [1.29, 1.82) is 0 Å². The van der Waals surface area contributed by atoms with E-state index in [4.69, 9.17) is 11.6 Å². The number of hydrogen-bond donors (Lipinski definition) is 1. The van der Waals surface area contributed by atoms with Gasteiger partial charge in [0, 0.05) is 5.88 Å². The Morgan fingerprint density at radius 3 is 2.53 bits per heavy atom. The zero-order valence-corrected chi connectivity index (χ0v) is 9.98. The van der Waals surface area contributed by atoms with Gasteiger partial charge in [0.2, 0.25) is 0 Å². The van der Waals surface area contributed by atoms with E-state index >= 15 is 0 Å². The normalized spacial score (nSPS) is 10.4. The third-order valence-electron chi connectivity index (χ3n) is 2.61. The molecule has 0 radical (unpaired) electrons. The highest BCUT2D eigenvalue weighted by Crippen LogP contribution is 2.28. The summed E-state index contributed by atoms with van der Waals surface area (Å²) in [6.07, 6.45) is 0.722. The molecule has 0 saturated heterocycles. The van der Waals surface area contributed by atoms with Crippen LogP contribution in [0, 0.1) is 13.8 Å². The Kier molecular flexibility index (Phi) is 3.75. The lowest BCUT2D eigenvalue weighted by atomic mass is 9.93. The molecular formula is C12H15ClO2. The highest BCUT2D eigenvalue weighted by molar-refractivity contribution is 6.18. The average Bonchev–Trinajstić information content (AvgIpc) is 2.11. The second-order valence-electron chi connectivity index (χ2n) is 3.69. The van der Waals surface area contributed by atoms with Crippen molar-refractivity contribution in [2.75, 3.05) is 5.88 Å². The number of Topliss-reactive ketones (excluding diaryl/α,β-unsaturated/α-hetero) is 1. The fourth-order valence-electron chi connectivity index (χ4n) is 1.93. The molecule has 0 aliphatic heterocycles. The third-order valence-corrected chi connectivity index (χ3v) is 2.80. The van der Waals surface area contributed by atoms with Crippen molar-refractivity contribution < 1.29 is 9.90 Å². The molecule has 0 aliphatic rings. The number of phenols is 1. The smallest absolute Gasteiger partial charge is 0.163 e. The van der Waals surface area contributed by atoms with Crippen LogP contribution < -0.4 is 0 Å². The van der Waals surface area contributed by atoms with Crippen molar-refractivity contribution in [1.82, 2.24) is 0 Å². The standard InChI is InChI=1S/C12H15ClO2/c1-7-6-11(15)12(9(3)14)8(2)10(7)4-5-13/h6,15H,4-5H2,1-3H3. The molecule has 0 spiro atoms. The SMILES string of the molecule is CC(=O)c1c(O)cc(C)c(CCCl)c1C. The van der Waals surface area contributed by atoms with E-state index in [9.17, 15) is 9.90 Å². The zero-order valence-electron chi connectivity index (χ0n) is 9.22. The lowest BCUT2D eigenvalue weighted by Crippen LogP contribution is -2.04. The number of carbonyl (C=O) groups excluding carboxylic acids is 1. The van der Waals surface area contributed by atoms with E-state index in [0.29, 0.717) is 11.4 Å². The van der Waals surface area contributed by atoms with Gasteiger partial charge in [-0.15, -0.1) is 11.6 Å². The molecule has 0 aromatic heterocycles. The van der Waals surface area contributed by atoms with Crippen molar-refractivity contribution in [2.45, 2.75) is 27.2 Å². The van der Waals surface area contributed by atoms with Gasteiger partial charge in [-0.25, -0.2) is 0 Å². The van der Waals surface area contributed by atoms with Gasteiger partial charge in [-0.2, -0.15) is 0 Å². The van der Waals surface area contributed by atoms with E-state index in [2.05, 4.69) is 0 Å². The number of carbonyl (C=O) groups is 1. The van der Waals surface area contributed by atoms with Crippen LogP contribution in [0.1, 0.15) is 34.0 Å². The van der Waals surface area contributed by atoms with Crippen LogP contribution in [0.25, 0.3) is 0 Å². The highest BCUT2D eigenvalue weighted by atomic mass is 35.5. The number of aromatic hydroxyl groups is 1. The summed E-state index contributed by atoms with van der Waals surface area (Å²) in [5, 5.41) is 9.68. The Bertz CT molecular complexity index is 397. The van der Waals surface area contributed by atoms with Crippen LogP contribution in [-0.2, 0) is 6.42 Å². The minimum Gasteiger partial charge on any atom is -0.507 e. The maximum Gasteiger partial charge on any atom is 0.163 e. The fourth-order valence-corrected chi connectivity index (χ4v) is 2.12. The van der Waals surface area contributed by atoms with Crippen molar-refractivity contribution in [3.63, 3.8) is 0 Å². The van der Waals surface area contributed by atoms with E-state index in [1.54, 1.807) is 6.07 Å². The van der Waals surface area contributed by atoms with Gasteiger partial charge in [0.25, 0.3) is 0 Å². The van der Waals surface area contributed by atoms with Crippen LogP contribution in [0.3, 0.4) is 0 Å². The van der Waals surface area contributed by atoms with Gasteiger partial charge >= 0.3 is 0 Å². The number of aryl methyl sites for hydroxylation is 1. The molecule has 0 aliphatic carbocycles. The summed E-state index contributed by atoms with van der Waals surface area (Å²) in [6.45, 7) is 5.23. The predicted octanol–water partition coefficient (Wildman–Crippen LogP) is 2.99. The van der Waals surface area contributed by atoms with Gasteiger partial charge in [0.05, 0.1) is 5.56 Å². The van der Waals surface area contributed by atoms with Gasteiger partial charge in [-0.3, -0.25) is 4.79 Å². The molecule has 0 unspecified atom stereocenters. The molecule has 0 bridgehead atoms. The van der Waals surface area contributed by atoms with Crippen molar-refractivity contribution in [3.05, 3.63) is 28.3 Å². The van der Waals surface area contributed by atoms with Crippen molar-refractivity contribution >= 4 is 17.4 Å². The quantitative estimate of drug-likeness (QED) is 0.636. The van der Waals surface area contributed by atoms with E-state index in [0.717, 1.165) is 23.1 Å². The predicted molar refractivity (Wildman–Crippen MR) is 62.0 cm³/mol. The lowest BCUT2D eigenvalue weighted by molar-refractivity contribution is 0.101. The molecule has 82 valence electrons. The van der Waals surface area contributed by atoms with Crippen molar-refractivity contribution in [3.8, 4) is 5.75 Å². The first-order chi connectivity index (χ1) is 6.99. The molecule has 0 fully saturated rings. The second-order valence-corrected chi connectivity index (χ2v) is 4.06. The molecule has 2 nitrogen and oxygen atoms in total. The Labute approximate surface area is 94.9 Å². The zero-order chi connectivity index (χ0) is 11.6. The summed E-state index contributed by atoms with van der Waals surface area (Å²) in [6, 6.07) is 1.63. The van der Waals surface area contributed by atoms with Crippen LogP contribution in [-0.4, -0.2) is 16.8 Å². The molecule has 0 atom stereocenters. The van der Waals surface area contributed by atoms with E-state index in [1.165, 1.54) is 6.92 Å². The Morgan fingerprint density at radius 2 is 2.07 bits per heavy atom. The number of hydrogen-bond acceptors (Lipinski definition) is 2. The van der Waals surface area contributed by atoms with Crippen LogP contribution in [0.2, 0.25) is 0 Å². The number of halogens is 1. The van der Waals surface area contributed by atoms with Gasteiger partial charge in [-0.05, 0) is 49.9 Å². The monoisotopic (exact) mass is 226 g/mol. The molecule has 0 amide bonds. The van der Waals surface area contributed by atoms with Gasteiger partial charge in [0.1, 0.15) is 5.75 Å². The van der Waals surface area contributed by atoms with Crippen LogP contribution in [0.4, 0.5) is 0 Å². The van der Waals surface area contributed by atoms with E-state index < -0.39 is 0 Å². The molecule has 3 heteroatoms. The van der Waals surface area contributed by atoms with Crippen LogP contribution in [0.5, 0.6) is 5.75 Å². The maximum absolute atomic E-state index is 11.4. The fraction of sp³-hybridized carbons (Fsp3) is 0.417. The van der Waals surface area contributed by atoms with Crippen LogP contribution in [0.15, 0.2) is 6.07 Å². The molecule has 0 heterocycles. The number of alkyl halides is 1. The Hall–Kier alpha value is -1.02.